The van der Waals surface area contributed by atoms with Crippen LogP contribution in [0.3, 0.4) is 0 Å². The van der Waals surface area contributed by atoms with Crippen LogP contribution in [-0.2, 0) is 4.74 Å². The van der Waals surface area contributed by atoms with E-state index in [0.717, 1.165) is 25.7 Å². The number of rotatable bonds is 7. The Balaban J connectivity index is 1.75. The first-order valence-electron chi connectivity index (χ1n) is 7.72. The van der Waals surface area contributed by atoms with Gasteiger partial charge in [0.1, 0.15) is 0 Å². The van der Waals surface area contributed by atoms with E-state index < -0.39 is 0 Å². The molecule has 0 amide bonds. The Morgan fingerprint density at radius 1 is 1.22 bits per heavy atom. The summed E-state index contributed by atoms with van der Waals surface area (Å²) in [5, 5.41) is 3.67. The minimum absolute atomic E-state index is 0.464. The molecule has 0 aromatic carbocycles. The smallest absolute Gasteiger partial charge is 0.0702 e. The molecule has 1 aliphatic carbocycles. The molecule has 2 unspecified atom stereocenters. The second-order valence-corrected chi connectivity index (χ2v) is 6.42. The highest BCUT2D eigenvalue weighted by Gasteiger charge is 2.26. The minimum Gasteiger partial charge on any atom is -0.377 e. The van der Waals surface area contributed by atoms with Crippen molar-refractivity contribution in [2.45, 2.75) is 64.1 Å². The van der Waals surface area contributed by atoms with Gasteiger partial charge in [-0.2, -0.15) is 0 Å². The van der Waals surface area contributed by atoms with E-state index >= 15 is 0 Å². The van der Waals surface area contributed by atoms with Crippen molar-refractivity contribution in [3.63, 3.8) is 0 Å². The lowest BCUT2D eigenvalue weighted by atomic mass is 10.0. The second-order valence-electron chi connectivity index (χ2n) is 6.42. The maximum Gasteiger partial charge on any atom is 0.0702 e. The number of hydrogen-bond acceptors (Lipinski definition) is 3. The molecule has 106 valence electrons. The molecule has 3 heteroatoms. The van der Waals surface area contributed by atoms with Gasteiger partial charge in [0.15, 0.2) is 0 Å². The summed E-state index contributed by atoms with van der Waals surface area (Å²) in [6, 6.07) is 1.45. The van der Waals surface area contributed by atoms with Crippen LogP contribution in [0.1, 0.15) is 46.0 Å². The highest BCUT2D eigenvalue weighted by molar-refractivity contribution is 4.85. The first-order chi connectivity index (χ1) is 8.66. The van der Waals surface area contributed by atoms with E-state index in [0.29, 0.717) is 18.1 Å². The summed E-state index contributed by atoms with van der Waals surface area (Å²) >= 11 is 0. The SMILES string of the molecule is CC(C)C(CNC1CC1)N(C)CC1CCCCO1. The van der Waals surface area contributed by atoms with E-state index in [4.69, 9.17) is 4.74 Å². The first kappa shape index (κ1) is 14.3. The lowest BCUT2D eigenvalue weighted by Crippen LogP contribution is -2.47. The molecule has 0 radical (unpaired) electrons. The third-order valence-corrected chi connectivity index (χ3v) is 4.29. The van der Waals surface area contributed by atoms with Crippen molar-refractivity contribution in [1.82, 2.24) is 10.2 Å². The molecule has 1 heterocycles. The van der Waals surface area contributed by atoms with Gasteiger partial charge in [0, 0.05) is 31.8 Å². The second kappa shape index (κ2) is 6.88. The first-order valence-corrected chi connectivity index (χ1v) is 7.72. The van der Waals surface area contributed by atoms with E-state index in [-0.39, 0.29) is 0 Å². The minimum atomic E-state index is 0.464. The quantitative estimate of drug-likeness (QED) is 0.754. The average Bonchev–Trinajstić information content (AvgIpc) is 3.14. The van der Waals surface area contributed by atoms with E-state index in [9.17, 15) is 0 Å². The topological polar surface area (TPSA) is 24.5 Å². The van der Waals surface area contributed by atoms with Gasteiger partial charge in [0.2, 0.25) is 0 Å². The van der Waals surface area contributed by atoms with Crippen LogP contribution < -0.4 is 5.32 Å². The van der Waals surface area contributed by atoms with E-state index in [1.54, 1.807) is 0 Å². The summed E-state index contributed by atoms with van der Waals surface area (Å²) in [4.78, 5) is 2.51. The van der Waals surface area contributed by atoms with Gasteiger partial charge in [-0.25, -0.2) is 0 Å². The Labute approximate surface area is 112 Å². The van der Waals surface area contributed by atoms with Crippen LogP contribution in [0.15, 0.2) is 0 Å². The summed E-state index contributed by atoms with van der Waals surface area (Å²) in [5.41, 5.74) is 0. The Bertz CT molecular complexity index is 235. The average molecular weight is 254 g/mol. The number of nitrogens with zero attached hydrogens (tertiary/aromatic N) is 1. The standard InChI is InChI=1S/C15H30N2O/c1-12(2)15(10-16-13-7-8-13)17(3)11-14-6-4-5-9-18-14/h12-16H,4-11H2,1-3H3. The molecule has 18 heavy (non-hydrogen) atoms. The van der Waals surface area contributed by atoms with Crippen LogP contribution in [0.4, 0.5) is 0 Å². The third-order valence-electron chi connectivity index (χ3n) is 4.29. The number of nitrogens with one attached hydrogen (secondary N) is 1. The summed E-state index contributed by atoms with van der Waals surface area (Å²) in [6.07, 6.45) is 7.04. The Morgan fingerprint density at radius 3 is 2.56 bits per heavy atom. The van der Waals surface area contributed by atoms with Crippen LogP contribution >= 0.6 is 0 Å². The maximum atomic E-state index is 5.85. The van der Waals surface area contributed by atoms with Gasteiger partial charge < -0.3 is 10.1 Å². The summed E-state index contributed by atoms with van der Waals surface area (Å²) in [6.45, 7) is 7.85. The molecule has 2 fully saturated rings. The number of ether oxygens (including phenoxy) is 1. The molecule has 2 atom stereocenters. The molecule has 1 saturated heterocycles. The van der Waals surface area contributed by atoms with Gasteiger partial charge in [-0.1, -0.05) is 13.8 Å². The summed E-state index contributed by atoms with van der Waals surface area (Å²) in [5.74, 6) is 0.699. The molecule has 2 aliphatic rings. The fourth-order valence-corrected chi connectivity index (χ4v) is 2.88. The Hall–Kier alpha value is -0.120. The number of likely N-dealkylation sites (N-methyl/N-ethyl adjacent to an activating group) is 1. The summed E-state index contributed by atoms with van der Waals surface area (Å²) < 4.78 is 5.85. The van der Waals surface area contributed by atoms with Gasteiger partial charge in [0.05, 0.1) is 6.10 Å². The molecule has 1 saturated carbocycles. The summed E-state index contributed by atoms with van der Waals surface area (Å²) in [7, 11) is 2.26. The monoisotopic (exact) mass is 254 g/mol. The molecule has 0 aromatic heterocycles. The third kappa shape index (κ3) is 4.52. The zero-order valence-corrected chi connectivity index (χ0v) is 12.3. The molecule has 0 bridgehead atoms. The lowest BCUT2D eigenvalue weighted by molar-refractivity contribution is -0.0116. The molecular weight excluding hydrogens is 224 g/mol. The Kier molecular flexibility index (Phi) is 5.46. The predicted octanol–water partition coefficient (Wildman–Crippen LogP) is 2.26. The highest BCUT2D eigenvalue weighted by Crippen LogP contribution is 2.20. The van der Waals surface area contributed by atoms with E-state index in [2.05, 4.69) is 31.1 Å². The maximum absolute atomic E-state index is 5.85. The van der Waals surface area contributed by atoms with E-state index in [1.165, 1.54) is 32.1 Å². The van der Waals surface area contributed by atoms with Crippen LogP contribution in [0, 0.1) is 5.92 Å². The van der Waals surface area contributed by atoms with Crippen LogP contribution in [-0.4, -0.2) is 49.8 Å². The van der Waals surface area contributed by atoms with Crippen LogP contribution in [0.5, 0.6) is 0 Å². The van der Waals surface area contributed by atoms with Crippen molar-refractivity contribution in [3.8, 4) is 0 Å². The van der Waals surface area contributed by atoms with Gasteiger partial charge in [-0.15, -0.1) is 0 Å². The van der Waals surface area contributed by atoms with Crippen LogP contribution in [0.25, 0.3) is 0 Å². The fourth-order valence-electron chi connectivity index (χ4n) is 2.88. The van der Waals surface area contributed by atoms with Crippen molar-refractivity contribution in [2.24, 2.45) is 5.92 Å². The van der Waals surface area contributed by atoms with Gasteiger partial charge in [-0.05, 0) is 45.1 Å². The molecule has 1 aliphatic heterocycles. The zero-order valence-electron chi connectivity index (χ0n) is 12.3. The largest absolute Gasteiger partial charge is 0.377 e. The lowest BCUT2D eigenvalue weighted by Gasteiger charge is -2.35. The Morgan fingerprint density at radius 2 is 2.00 bits per heavy atom. The van der Waals surface area contributed by atoms with Gasteiger partial charge in [0.25, 0.3) is 0 Å². The van der Waals surface area contributed by atoms with Gasteiger partial charge in [-0.3, -0.25) is 4.90 Å². The van der Waals surface area contributed by atoms with Crippen molar-refractivity contribution in [3.05, 3.63) is 0 Å². The van der Waals surface area contributed by atoms with Crippen molar-refractivity contribution in [1.29, 1.82) is 0 Å². The molecule has 2 rings (SSSR count). The predicted molar refractivity (Wildman–Crippen MR) is 75.9 cm³/mol. The number of hydrogen-bond donors (Lipinski definition) is 1. The van der Waals surface area contributed by atoms with E-state index in [1.807, 2.05) is 0 Å². The van der Waals surface area contributed by atoms with Gasteiger partial charge >= 0.3 is 0 Å². The normalized spacial score (nSPS) is 26.8. The molecule has 3 nitrogen and oxygen atoms in total. The highest BCUT2D eigenvalue weighted by atomic mass is 16.5. The van der Waals surface area contributed by atoms with Crippen molar-refractivity contribution in [2.75, 3.05) is 26.7 Å². The molecule has 0 spiro atoms. The van der Waals surface area contributed by atoms with Crippen LogP contribution in [0.2, 0.25) is 0 Å². The molecule has 1 N–H and O–H groups in total. The van der Waals surface area contributed by atoms with Crippen molar-refractivity contribution >= 4 is 0 Å². The fraction of sp³-hybridized carbons (Fsp3) is 1.00. The van der Waals surface area contributed by atoms with Crippen molar-refractivity contribution < 1.29 is 4.74 Å². The zero-order chi connectivity index (χ0) is 13.0. The molecule has 0 aromatic rings. The molecular formula is C15H30N2O.